The molecule has 0 spiro atoms. The van der Waals surface area contributed by atoms with Gasteiger partial charge >= 0.3 is 0 Å². The lowest BCUT2D eigenvalue weighted by molar-refractivity contribution is 0.634. The van der Waals surface area contributed by atoms with Crippen molar-refractivity contribution in [1.82, 2.24) is 5.32 Å². The van der Waals surface area contributed by atoms with Crippen LogP contribution in [0.15, 0.2) is 0 Å². The van der Waals surface area contributed by atoms with Gasteiger partial charge in [-0.3, -0.25) is 0 Å². The van der Waals surface area contributed by atoms with Crippen LogP contribution >= 0.6 is 0 Å². The second kappa shape index (κ2) is 16.0. The number of rotatable bonds is 5. The average Bonchev–Trinajstić information content (AvgIpc) is 2.02. The van der Waals surface area contributed by atoms with Crippen LogP contribution < -0.4 is 5.32 Å². The Kier molecular flexibility index (Phi) is 20.2. The van der Waals surface area contributed by atoms with Gasteiger partial charge in [0, 0.05) is 0 Å². The lowest BCUT2D eigenvalue weighted by Gasteiger charge is -1.95. The maximum absolute atomic E-state index is 3.13. The molecule has 0 unspecified atom stereocenters. The Balaban J connectivity index is 0. The summed E-state index contributed by atoms with van der Waals surface area (Å²) in [4.78, 5) is 0. The summed E-state index contributed by atoms with van der Waals surface area (Å²) < 4.78 is 0. The lowest BCUT2D eigenvalue weighted by Crippen LogP contribution is -2.06. The average molecular weight is 145 g/mol. The van der Waals surface area contributed by atoms with Crippen LogP contribution in [-0.4, -0.2) is 13.6 Å². The fourth-order valence-electron chi connectivity index (χ4n) is 0.729. The molecule has 0 radical (unpaired) electrons. The number of unbranched alkanes of at least 4 members (excludes halogenated alkanes) is 3. The Morgan fingerprint density at radius 3 is 2.00 bits per heavy atom. The highest BCUT2D eigenvalue weighted by Crippen LogP contribution is 1.96. The van der Waals surface area contributed by atoms with Gasteiger partial charge in [-0.05, 0) is 20.0 Å². The highest BCUT2D eigenvalue weighted by atomic mass is 14.8. The molecule has 0 heterocycles. The van der Waals surface area contributed by atoms with Crippen molar-refractivity contribution in [2.24, 2.45) is 0 Å². The van der Waals surface area contributed by atoms with E-state index < -0.39 is 0 Å². The highest BCUT2D eigenvalue weighted by molar-refractivity contribution is 4.41. The van der Waals surface area contributed by atoms with E-state index in [1.54, 1.807) is 0 Å². The molecule has 1 heteroatoms. The summed E-state index contributed by atoms with van der Waals surface area (Å²) in [5.74, 6) is 0. The molecular formula is C9H23N. The molecule has 0 bridgehead atoms. The Hall–Kier alpha value is -0.0400. The van der Waals surface area contributed by atoms with Crippen LogP contribution in [0.3, 0.4) is 0 Å². The molecule has 0 aromatic rings. The van der Waals surface area contributed by atoms with Gasteiger partial charge in [0.25, 0.3) is 0 Å². The molecule has 0 aromatic heterocycles. The van der Waals surface area contributed by atoms with Crippen LogP contribution in [0.1, 0.15) is 46.5 Å². The van der Waals surface area contributed by atoms with Crippen molar-refractivity contribution in [2.75, 3.05) is 13.6 Å². The van der Waals surface area contributed by atoms with E-state index in [1.807, 2.05) is 20.9 Å². The first-order valence-electron chi connectivity index (χ1n) is 4.56. The van der Waals surface area contributed by atoms with Crippen molar-refractivity contribution in [3.05, 3.63) is 0 Å². The van der Waals surface area contributed by atoms with Crippen molar-refractivity contribution >= 4 is 0 Å². The van der Waals surface area contributed by atoms with E-state index in [-0.39, 0.29) is 0 Å². The van der Waals surface area contributed by atoms with E-state index in [9.17, 15) is 0 Å². The molecule has 0 fully saturated rings. The highest BCUT2D eigenvalue weighted by Gasteiger charge is 1.82. The minimum absolute atomic E-state index is 1.18. The largest absolute Gasteiger partial charge is 0.320 e. The molecular weight excluding hydrogens is 122 g/mol. The SMILES string of the molecule is CC.CCCCCCNC. The molecule has 0 aliphatic rings. The van der Waals surface area contributed by atoms with Crippen molar-refractivity contribution in [3.63, 3.8) is 0 Å². The number of hydrogen-bond acceptors (Lipinski definition) is 1. The van der Waals surface area contributed by atoms with Gasteiger partial charge in [0.15, 0.2) is 0 Å². The van der Waals surface area contributed by atoms with E-state index >= 15 is 0 Å². The Bertz CT molecular complexity index is 29.7. The van der Waals surface area contributed by atoms with Gasteiger partial charge in [-0.1, -0.05) is 40.0 Å². The fraction of sp³-hybridized carbons (Fsp3) is 1.00. The summed E-state index contributed by atoms with van der Waals surface area (Å²) >= 11 is 0. The normalized spacial score (nSPS) is 8.40. The van der Waals surface area contributed by atoms with Gasteiger partial charge in [-0.2, -0.15) is 0 Å². The van der Waals surface area contributed by atoms with Crippen molar-refractivity contribution in [3.8, 4) is 0 Å². The third-order valence-electron chi connectivity index (χ3n) is 1.28. The molecule has 0 aromatic carbocycles. The van der Waals surface area contributed by atoms with Gasteiger partial charge in [0.05, 0.1) is 0 Å². The van der Waals surface area contributed by atoms with Crippen molar-refractivity contribution in [2.45, 2.75) is 46.5 Å². The first-order valence-corrected chi connectivity index (χ1v) is 4.56. The molecule has 1 nitrogen and oxygen atoms in total. The summed E-state index contributed by atoms with van der Waals surface area (Å²) in [5, 5.41) is 3.13. The molecule has 0 aliphatic heterocycles. The summed E-state index contributed by atoms with van der Waals surface area (Å²) in [6, 6.07) is 0. The fourth-order valence-corrected chi connectivity index (χ4v) is 0.729. The standard InChI is InChI=1S/C7H17N.C2H6/c1-3-4-5-6-7-8-2;1-2/h8H,3-7H2,1-2H3;1-2H3. The smallest absolute Gasteiger partial charge is 0.00519 e. The van der Waals surface area contributed by atoms with Gasteiger partial charge in [-0.25, -0.2) is 0 Å². The Morgan fingerprint density at radius 1 is 1.00 bits per heavy atom. The zero-order chi connectivity index (χ0) is 8.24. The van der Waals surface area contributed by atoms with Crippen LogP contribution in [0.25, 0.3) is 0 Å². The van der Waals surface area contributed by atoms with Crippen LogP contribution in [0.4, 0.5) is 0 Å². The maximum atomic E-state index is 3.13. The summed E-state index contributed by atoms with van der Waals surface area (Å²) in [7, 11) is 2.01. The maximum Gasteiger partial charge on any atom is -0.00519 e. The molecule has 0 atom stereocenters. The first kappa shape index (κ1) is 12.6. The molecule has 0 aliphatic carbocycles. The van der Waals surface area contributed by atoms with Crippen LogP contribution in [-0.2, 0) is 0 Å². The van der Waals surface area contributed by atoms with Crippen LogP contribution in [0.5, 0.6) is 0 Å². The van der Waals surface area contributed by atoms with E-state index in [0.717, 1.165) is 0 Å². The molecule has 0 saturated carbocycles. The lowest BCUT2D eigenvalue weighted by atomic mass is 10.2. The second-order valence-electron chi connectivity index (χ2n) is 2.16. The molecule has 64 valence electrons. The molecule has 1 N–H and O–H groups in total. The topological polar surface area (TPSA) is 12.0 Å². The third kappa shape index (κ3) is 15.7. The minimum atomic E-state index is 1.18. The summed E-state index contributed by atoms with van der Waals surface area (Å²) in [6.07, 6.45) is 5.45. The van der Waals surface area contributed by atoms with Gasteiger partial charge in [-0.15, -0.1) is 0 Å². The quantitative estimate of drug-likeness (QED) is 0.587. The molecule has 10 heavy (non-hydrogen) atoms. The van der Waals surface area contributed by atoms with E-state index in [2.05, 4.69) is 12.2 Å². The van der Waals surface area contributed by atoms with Crippen LogP contribution in [0, 0.1) is 0 Å². The molecule has 0 saturated heterocycles. The third-order valence-corrected chi connectivity index (χ3v) is 1.28. The predicted molar refractivity (Wildman–Crippen MR) is 49.4 cm³/mol. The Labute approximate surface area is 66.2 Å². The predicted octanol–water partition coefficient (Wildman–Crippen LogP) is 2.81. The van der Waals surface area contributed by atoms with E-state index in [0.29, 0.717) is 0 Å². The zero-order valence-corrected chi connectivity index (χ0v) is 8.04. The van der Waals surface area contributed by atoms with Crippen LogP contribution in [0.2, 0.25) is 0 Å². The van der Waals surface area contributed by atoms with E-state index in [4.69, 9.17) is 0 Å². The second-order valence-corrected chi connectivity index (χ2v) is 2.16. The van der Waals surface area contributed by atoms with Crippen molar-refractivity contribution in [1.29, 1.82) is 0 Å². The molecule has 0 amide bonds. The zero-order valence-electron chi connectivity index (χ0n) is 8.04. The van der Waals surface area contributed by atoms with Gasteiger partial charge < -0.3 is 5.32 Å². The monoisotopic (exact) mass is 145 g/mol. The number of nitrogens with one attached hydrogen (secondary N) is 1. The van der Waals surface area contributed by atoms with E-state index in [1.165, 1.54) is 32.2 Å². The summed E-state index contributed by atoms with van der Waals surface area (Å²) in [6.45, 7) is 7.42. The minimum Gasteiger partial charge on any atom is -0.320 e. The number of hydrogen-bond donors (Lipinski definition) is 1. The molecule has 0 rings (SSSR count). The summed E-state index contributed by atoms with van der Waals surface area (Å²) in [5.41, 5.74) is 0. The first-order chi connectivity index (χ1) is 4.91. The van der Waals surface area contributed by atoms with Crippen molar-refractivity contribution < 1.29 is 0 Å². The van der Waals surface area contributed by atoms with Gasteiger partial charge in [0.2, 0.25) is 0 Å². The Morgan fingerprint density at radius 2 is 1.60 bits per heavy atom. The van der Waals surface area contributed by atoms with Gasteiger partial charge in [0.1, 0.15) is 0 Å².